The monoisotopic (exact) mass is 568 g/mol. The van der Waals surface area contributed by atoms with E-state index in [-0.39, 0.29) is 24.3 Å². The molecular weight excluding hydrogens is 540 g/mol. The molecule has 0 aromatic heterocycles. The van der Waals surface area contributed by atoms with Crippen molar-refractivity contribution in [2.75, 3.05) is 18.0 Å². The van der Waals surface area contributed by atoms with Crippen molar-refractivity contribution in [1.29, 1.82) is 0 Å². The highest BCUT2D eigenvalue weighted by Crippen LogP contribution is 2.28. The second-order valence-electron chi connectivity index (χ2n) is 8.64. The van der Waals surface area contributed by atoms with E-state index in [4.69, 9.17) is 0 Å². The molecule has 0 spiro atoms. The molecule has 1 N–H and O–H groups in total. The van der Waals surface area contributed by atoms with Crippen molar-refractivity contribution in [2.24, 2.45) is 0 Å². The summed E-state index contributed by atoms with van der Waals surface area (Å²) in [6.45, 7) is 1.48. The van der Waals surface area contributed by atoms with Crippen LogP contribution in [0.5, 0.6) is 0 Å². The van der Waals surface area contributed by atoms with Gasteiger partial charge in [0, 0.05) is 35.0 Å². The third kappa shape index (κ3) is 9.89. The van der Waals surface area contributed by atoms with Gasteiger partial charge in [-0.25, -0.2) is 4.39 Å². The molecule has 9 heteroatoms. The minimum Gasteiger partial charge on any atom is -0.350 e. The van der Waals surface area contributed by atoms with E-state index in [1.807, 2.05) is 48.5 Å². The molecule has 4 aromatic rings. The number of nitrogens with one attached hydrogen (secondary N) is 1. The summed E-state index contributed by atoms with van der Waals surface area (Å²) in [5.41, 5.74) is 2.65. The van der Waals surface area contributed by atoms with Crippen LogP contribution >= 0.6 is 11.8 Å². The number of benzene rings is 4. The number of amides is 2. The quantitative estimate of drug-likeness (QED) is 0.178. The lowest BCUT2D eigenvalue weighted by atomic mass is 10.2. The normalized spacial score (nSPS) is 10.7. The van der Waals surface area contributed by atoms with Gasteiger partial charge in [0.1, 0.15) is 5.82 Å². The first-order valence-electron chi connectivity index (χ1n) is 12.3. The number of thioether (sulfide) groups is 1. The van der Waals surface area contributed by atoms with Gasteiger partial charge in [-0.3, -0.25) is 9.59 Å². The molecule has 0 fully saturated rings. The van der Waals surface area contributed by atoms with E-state index in [2.05, 4.69) is 24.4 Å². The number of aryl methyl sites for hydroxylation is 1. The van der Waals surface area contributed by atoms with Gasteiger partial charge in [0.15, 0.2) is 0 Å². The van der Waals surface area contributed by atoms with E-state index < -0.39 is 23.8 Å². The van der Waals surface area contributed by atoms with E-state index in [9.17, 15) is 27.2 Å². The van der Waals surface area contributed by atoms with Gasteiger partial charge in [0.05, 0.1) is 0 Å². The molecule has 0 aliphatic heterocycles. The second-order valence-corrected chi connectivity index (χ2v) is 9.69. The molecule has 208 valence electrons. The van der Waals surface area contributed by atoms with Crippen LogP contribution in [0.4, 0.5) is 23.2 Å². The summed E-state index contributed by atoms with van der Waals surface area (Å²) in [6.07, 6.45) is -5.07. The Labute approximate surface area is 235 Å². The average Bonchev–Trinajstić information content (AvgIpc) is 2.95. The van der Waals surface area contributed by atoms with Crippen LogP contribution in [0.3, 0.4) is 0 Å². The zero-order chi connectivity index (χ0) is 29.0. The number of anilines is 1. The average molecular weight is 569 g/mol. The Morgan fingerprint density at radius 3 is 1.90 bits per heavy atom. The van der Waals surface area contributed by atoms with E-state index >= 15 is 0 Å². The molecule has 0 radical (unpaired) electrons. The Morgan fingerprint density at radius 1 is 0.800 bits per heavy atom. The predicted octanol–water partition coefficient (Wildman–Crippen LogP) is 7.44. The lowest BCUT2D eigenvalue weighted by Gasteiger charge is -2.24. The highest BCUT2D eigenvalue weighted by atomic mass is 32.2. The number of carbonyl (C=O) groups is 2. The molecule has 0 aliphatic rings. The summed E-state index contributed by atoms with van der Waals surface area (Å²) in [4.78, 5) is 25.5. The highest BCUT2D eigenvalue weighted by Gasteiger charge is 2.42. The first-order chi connectivity index (χ1) is 19.1. The van der Waals surface area contributed by atoms with Crippen LogP contribution in [0.2, 0.25) is 0 Å². The number of alkyl halides is 3. The molecule has 2 amide bonds. The number of carbonyl (C=O) groups excluding carboxylic acids is 2. The van der Waals surface area contributed by atoms with Crippen LogP contribution in [-0.2, 0) is 10.5 Å². The Kier molecular flexibility index (Phi) is 11.3. The van der Waals surface area contributed by atoms with Crippen molar-refractivity contribution in [3.05, 3.63) is 132 Å². The summed E-state index contributed by atoms with van der Waals surface area (Å²) in [7, 11) is 0. The predicted molar refractivity (Wildman–Crippen MR) is 151 cm³/mol. The maximum absolute atomic E-state index is 13.1. The highest BCUT2D eigenvalue weighted by molar-refractivity contribution is 7.98. The lowest BCUT2D eigenvalue weighted by molar-refractivity contribution is -0.170. The second kappa shape index (κ2) is 14.9. The maximum Gasteiger partial charge on any atom is 0.471 e. The van der Waals surface area contributed by atoms with E-state index in [0.29, 0.717) is 10.7 Å². The first kappa shape index (κ1) is 30.4. The largest absolute Gasteiger partial charge is 0.471 e. The smallest absolute Gasteiger partial charge is 0.350 e. The molecule has 4 rings (SSSR count). The molecule has 0 saturated heterocycles. The molecule has 40 heavy (non-hydrogen) atoms. The fourth-order valence-corrected chi connectivity index (χ4v) is 4.34. The third-order valence-electron chi connectivity index (χ3n) is 5.55. The van der Waals surface area contributed by atoms with Crippen molar-refractivity contribution >= 4 is 29.3 Å². The Bertz CT molecular complexity index is 1350. The van der Waals surface area contributed by atoms with Crippen LogP contribution in [0.15, 0.2) is 114 Å². The van der Waals surface area contributed by atoms with Crippen LogP contribution in [0.1, 0.15) is 21.5 Å². The molecule has 0 saturated carbocycles. The van der Waals surface area contributed by atoms with Crippen LogP contribution in [0.25, 0.3) is 0 Å². The molecule has 0 heterocycles. The van der Waals surface area contributed by atoms with Crippen molar-refractivity contribution in [1.82, 2.24) is 5.32 Å². The van der Waals surface area contributed by atoms with Gasteiger partial charge in [-0.15, -0.1) is 11.8 Å². The molecule has 0 bridgehead atoms. The van der Waals surface area contributed by atoms with Crippen LogP contribution < -0.4 is 10.2 Å². The van der Waals surface area contributed by atoms with E-state index in [1.165, 1.54) is 41.6 Å². The molecule has 4 aromatic carbocycles. The van der Waals surface area contributed by atoms with Crippen LogP contribution in [-0.4, -0.2) is 31.1 Å². The molecule has 0 aliphatic carbocycles. The number of hydrogen-bond acceptors (Lipinski definition) is 3. The van der Waals surface area contributed by atoms with Crippen LogP contribution in [0, 0.1) is 12.7 Å². The summed E-state index contributed by atoms with van der Waals surface area (Å²) in [5.74, 6) is -2.43. The topological polar surface area (TPSA) is 49.4 Å². The molecule has 0 unspecified atom stereocenters. The van der Waals surface area contributed by atoms with Gasteiger partial charge in [-0.1, -0.05) is 66.2 Å². The zero-order valence-corrected chi connectivity index (χ0v) is 22.5. The number of halogens is 4. The number of hydrogen-bond donors (Lipinski definition) is 1. The van der Waals surface area contributed by atoms with Crippen molar-refractivity contribution < 1.29 is 27.2 Å². The van der Waals surface area contributed by atoms with Gasteiger partial charge in [0.2, 0.25) is 0 Å². The Balaban J connectivity index is 0.000000547. The summed E-state index contributed by atoms with van der Waals surface area (Å²) in [5, 5.41) is 2.45. The minimum atomic E-state index is -5.07. The van der Waals surface area contributed by atoms with Gasteiger partial charge in [0.25, 0.3) is 5.91 Å². The van der Waals surface area contributed by atoms with Crippen molar-refractivity contribution in [3.8, 4) is 0 Å². The summed E-state index contributed by atoms with van der Waals surface area (Å²) < 4.78 is 52.4. The van der Waals surface area contributed by atoms with Gasteiger partial charge in [-0.05, 0) is 61.0 Å². The van der Waals surface area contributed by atoms with Gasteiger partial charge in [-0.2, -0.15) is 13.2 Å². The standard InChI is InChI=1S/C24H20F4N2O2S.C7H8/c25-19-8-6-18(7-9-19)22(31)29-14-15-30(23(32)24(26,27)28)20-10-12-21(13-11-20)33-16-17-4-2-1-3-5-17;1-7-5-3-2-4-6-7/h1-13H,14-16H2,(H,29,31);2-6H,1H3. The first-order valence-corrected chi connectivity index (χ1v) is 13.3. The Hall–Kier alpha value is -4.11. The third-order valence-corrected chi connectivity index (χ3v) is 6.64. The SMILES string of the molecule is Cc1ccccc1.O=C(NCCN(C(=O)C(F)(F)F)c1ccc(SCc2ccccc2)cc1)c1ccc(F)cc1. The van der Waals surface area contributed by atoms with E-state index in [0.717, 1.165) is 22.6 Å². The minimum absolute atomic E-state index is 0.0671. The molecular formula is C31H28F4N2O2S. The lowest BCUT2D eigenvalue weighted by Crippen LogP contribution is -2.45. The fraction of sp³-hybridized carbons (Fsp3) is 0.161. The summed E-state index contributed by atoms with van der Waals surface area (Å²) >= 11 is 1.52. The zero-order valence-electron chi connectivity index (χ0n) is 21.7. The fourth-order valence-electron chi connectivity index (χ4n) is 3.48. The maximum atomic E-state index is 13.1. The molecule has 4 nitrogen and oxygen atoms in total. The van der Waals surface area contributed by atoms with Gasteiger partial charge >= 0.3 is 12.1 Å². The Morgan fingerprint density at radius 2 is 1.38 bits per heavy atom. The van der Waals surface area contributed by atoms with Crippen molar-refractivity contribution in [2.45, 2.75) is 23.7 Å². The molecule has 0 atom stereocenters. The van der Waals surface area contributed by atoms with E-state index in [1.54, 1.807) is 12.1 Å². The number of rotatable bonds is 8. The van der Waals surface area contributed by atoms with Gasteiger partial charge < -0.3 is 10.2 Å². The number of nitrogens with zero attached hydrogens (tertiary/aromatic N) is 1. The summed E-state index contributed by atoms with van der Waals surface area (Å²) in [6, 6.07) is 30.9. The van der Waals surface area contributed by atoms with Crippen molar-refractivity contribution in [3.63, 3.8) is 0 Å².